The number of urea groups is 1. The third kappa shape index (κ3) is 4.49. The van der Waals surface area contributed by atoms with Gasteiger partial charge in [0.1, 0.15) is 12.0 Å². The van der Waals surface area contributed by atoms with Crippen LogP contribution in [-0.2, 0) is 14.3 Å². The van der Waals surface area contributed by atoms with Gasteiger partial charge < -0.3 is 34.7 Å². The van der Waals surface area contributed by atoms with Crippen molar-refractivity contribution in [1.29, 1.82) is 0 Å². The van der Waals surface area contributed by atoms with Gasteiger partial charge in [0.25, 0.3) is 0 Å². The predicted octanol–water partition coefficient (Wildman–Crippen LogP) is 0.259. The van der Waals surface area contributed by atoms with Gasteiger partial charge in [-0.1, -0.05) is 12.6 Å². The van der Waals surface area contributed by atoms with Crippen LogP contribution >= 0.6 is 0 Å². The number of nitrogens with one attached hydrogen (secondary N) is 2. The minimum absolute atomic E-state index is 0.181. The molecule has 2 rings (SSSR count). The summed E-state index contributed by atoms with van der Waals surface area (Å²) in [6.45, 7) is 6.93. The maximum absolute atomic E-state index is 12.3. The first-order chi connectivity index (χ1) is 12.8. The summed E-state index contributed by atoms with van der Waals surface area (Å²) in [6.07, 6.45) is -1.18. The summed E-state index contributed by atoms with van der Waals surface area (Å²) < 4.78 is 15.6. The van der Waals surface area contributed by atoms with Gasteiger partial charge in [0.05, 0.1) is 25.7 Å². The highest BCUT2D eigenvalue weighted by Crippen LogP contribution is 2.36. The first kappa shape index (κ1) is 20.1. The number of carboxylic acids is 1. The van der Waals surface area contributed by atoms with Gasteiger partial charge in [0.2, 0.25) is 0 Å². The van der Waals surface area contributed by atoms with E-state index in [4.69, 9.17) is 14.2 Å². The van der Waals surface area contributed by atoms with Gasteiger partial charge in [0.15, 0.2) is 11.5 Å². The van der Waals surface area contributed by atoms with E-state index in [-0.39, 0.29) is 23.8 Å². The van der Waals surface area contributed by atoms with Crippen LogP contribution in [0.25, 0.3) is 0 Å². The van der Waals surface area contributed by atoms with Crippen molar-refractivity contribution < 1.29 is 33.7 Å². The van der Waals surface area contributed by atoms with E-state index < -0.39 is 36.0 Å². The van der Waals surface area contributed by atoms with Crippen molar-refractivity contribution in [3.05, 3.63) is 36.0 Å². The van der Waals surface area contributed by atoms with Crippen molar-refractivity contribution in [3.63, 3.8) is 0 Å². The second kappa shape index (κ2) is 8.43. The van der Waals surface area contributed by atoms with Crippen molar-refractivity contribution >= 4 is 18.0 Å². The molecule has 0 radical (unpaired) electrons. The Hall–Kier alpha value is -3.23. The Morgan fingerprint density at radius 3 is 2.63 bits per heavy atom. The molecule has 0 saturated carbocycles. The molecule has 0 aromatic heterocycles. The van der Waals surface area contributed by atoms with Gasteiger partial charge in [0, 0.05) is 5.70 Å². The highest BCUT2D eigenvalue weighted by molar-refractivity contribution is 5.85. The van der Waals surface area contributed by atoms with Crippen LogP contribution in [0, 0.1) is 5.92 Å². The van der Waals surface area contributed by atoms with Crippen molar-refractivity contribution in [1.82, 2.24) is 10.6 Å². The molecule has 146 valence electrons. The zero-order chi connectivity index (χ0) is 20.1. The first-order valence-electron chi connectivity index (χ1n) is 8.26. The molecule has 1 fully saturated rings. The number of rotatable bonds is 7. The molecule has 0 bridgehead atoms. The minimum Gasteiger partial charge on any atom is -0.546 e. The molecule has 0 aliphatic carbocycles. The van der Waals surface area contributed by atoms with Crippen LogP contribution in [0.15, 0.2) is 30.5 Å². The Kier molecular flexibility index (Phi) is 6.27. The molecular formula is C18H21N2O7-. The lowest BCUT2D eigenvalue weighted by atomic mass is 9.89. The van der Waals surface area contributed by atoms with Crippen LogP contribution in [0.4, 0.5) is 4.79 Å². The topological polar surface area (TPSA) is 126 Å². The van der Waals surface area contributed by atoms with E-state index in [1.54, 1.807) is 19.1 Å². The average Bonchev–Trinajstić information content (AvgIpc) is 2.61. The van der Waals surface area contributed by atoms with Crippen molar-refractivity contribution in [2.45, 2.75) is 26.0 Å². The number of amides is 2. The lowest BCUT2D eigenvalue weighted by Gasteiger charge is -2.33. The Morgan fingerprint density at radius 1 is 1.33 bits per heavy atom. The van der Waals surface area contributed by atoms with E-state index >= 15 is 0 Å². The van der Waals surface area contributed by atoms with Gasteiger partial charge >= 0.3 is 12.0 Å². The summed E-state index contributed by atoms with van der Waals surface area (Å²) in [5.41, 5.74) is 0.751. The monoisotopic (exact) mass is 377 g/mol. The Morgan fingerprint density at radius 2 is 2.04 bits per heavy atom. The predicted molar refractivity (Wildman–Crippen MR) is 91.8 cm³/mol. The molecular weight excluding hydrogens is 356 g/mol. The number of carbonyl (C=O) groups excluding carboxylic acids is 3. The molecule has 1 heterocycles. The Balaban J connectivity index is 2.38. The van der Waals surface area contributed by atoms with Crippen LogP contribution in [0.5, 0.6) is 11.5 Å². The highest BCUT2D eigenvalue weighted by Gasteiger charge is 2.39. The lowest BCUT2D eigenvalue weighted by molar-refractivity contribution is -0.312. The zero-order valence-electron chi connectivity index (χ0n) is 15.2. The summed E-state index contributed by atoms with van der Waals surface area (Å²) in [5, 5.41) is 16.0. The van der Waals surface area contributed by atoms with Crippen LogP contribution in [0.1, 0.15) is 25.5 Å². The number of aliphatic carboxylic acids is 1. The summed E-state index contributed by atoms with van der Waals surface area (Å²) in [7, 11) is 1.39. The molecule has 2 N–H and O–H groups in total. The van der Waals surface area contributed by atoms with Gasteiger partial charge in [-0.05, 0) is 31.5 Å². The van der Waals surface area contributed by atoms with Crippen LogP contribution in [0.2, 0.25) is 0 Å². The zero-order valence-corrected chi connectivity index (χ0v) is 15.2. The molecule has 1 aliphatic rings. The minimum atomic E-state index is -1.37. The molecule has 1 aromatic rings. The fourth-order valence-electron chi connectivity index (χ4n) is 2.69. The Bertz CT molecular complexity index is 762. The number of methoxy groups -OCH3 is 1. The first-order valence-corrected chi connectivity index (χ1v) is 8.26. The second-order valence-electron chi connectivity index (χ2n) is 5.82. The van der Waals surface area contributed by atoms with Gasteiger partial charge in [-0.15, -0.1) is 0 Å². The fourth-order valence-corrected chi connectivity index (χ4v) is 2.69. The van der Waals surface area contributed by atoms with E-state index in [2.05, 4.69) is 17.2 Å². The highest BCUT2D eigenvalue weighted by atomic mass is 16.5. The molecule has 2 amide bonds. The average molecular weight is 377 g/mol. The van der Waals surface area contributed by atoms with E-state index in [0.29, 0.717) is 5.56 Å². The third-order valence-electron chi connectivity index (χ3n) is 3.99. The second-order valence-corrected chi connectivity index (χ2v) is 5.82. The quantitative estimate of drug-likeness (QED) is 0.653. The maximum Gasteiger partial charge on any atom is 0.319 e. The molecule has 1 aliphatic heterocycles. The van der Waals surface area contributed by atoms with Crippen molar-refractivity contribution in [2.24, 2.45) is 5.92 Å². The SMILES string of the molecule is C=C1NC(=O)N[C@@H](c2ccc(O[C@H](C)C(=O)[O-])c(OC)c2)[C@H]1C(=O)OCC. The molecule has 1 saturated heterocycles. The van der Waals surface area contributed by atoms with E-state index in [1.807, 2.05) is 0 Å². The number of carboxylic acid groups (broad SMARTS) is 1. The number of esters is 1. The van der Waals surface area contributed by atoms with Gasteiger partial charge in [-0.25, -0.2) is 4.79 Å². The van der Waals surface area contributed by atoms with Crippen molar-refractivity contribution in [2.75, 3.05) is 13.7 Å². The molecule has 3 atom stereocenters. The molecule has 1 aromatic carbocycles. The van der Waals surface area contributed by atoms with Crippen LogP contribution in [-0.4, -0.2) is 37.8 Å². The molecule has 9 nitrogen and oxygen atoms in total. The maximum atomic E-state index is 12.3. The largest absolute Gasteiger partial charge is 0.546 e. The van der Waals surface area contributed by atoms with Crippen molar-refractivity contribution in [3.8, 4) is 11.5 Å². The van der Waals surface area contributed by atoms with Crippen LogP contribution in [0.3, 0.4) is 0 Å². The summed E-state index contributed by atoms with van der Waals surface area (Å²) >= 11 is 0. The summed E-state index contributed by atoms with van der Waals surface area (Å²) in [5.74, 6) is -2.33. The molecule has 0 spiro atoms. The molecule has 9 heteroatoms. The van der Waals surface area contributed by atoms with Crippen LogP contribution < -0.4 is 25.2 Å². The number of hydrogen-bond donors (Lipinski definition) is 2. The number of hydrogen-bond acceptors (Lipinski definition) is 7. The van der Waals surface area contributed by atoms with Gasteiger partial charge in [-0.3, -0.25) is 4.79 Å². The number of ether oxygens (including phenoxy) is 3. The summed E-state index contributed by atoms with van der Waals surface area (Å²) in [4.78, 5) is 35.1. The standard InChI is InChI=1S/C18H22N2O7/c1-5-26-17(23)14-9(2)19-18(24)20-15(14)11-6-7-12(13(8-11)25-4)27-10(3)16(21)22/h6-8,10,14-15H,2,5H2,1,3-4H3,(H,21,22)(H2,19,20,24)/p-1/t10-,14+,15+/m1/s1. The lowest BCUT2D eigenvalue weighted by Crippen LogP contribution is -2.51. The third-order valence-corrected chi connectivity index (χ3v) is 3.99. The fraction of sp³-hybridized carbons (Fsp3) is 0.389. The normalized spacial score (nSPS) is 20.1. The van der Waals surface area contributed by atoms with E-state index in [0.717, 1.165) is 0 Å². The number of benzene rings is 1. The smallest absolute Gasteiger partial charge is 0.319 e. The Labute approximate surface area is 156 Å². The molecule has 0 unspecified atom stereocenters. The summed E-state index contributed by atoms with van der Waals surface area (Å²) in [6, 6.07) is 3.39. The molecule has 27 heavy (non-hydrogen) atoms. The van der Waals surface area contributed by atoms with Gasteiger partial charge in [-0.2, -0.15) is 0 Å². The number of carbonyl (C=O) groups is 3. The van der Waals surface area contributed by atoms with E-state index in [1.165, 1.54) is 20.1 Å². The van der Waals surface area contributed by atoms with E-state index in [9.17, 15) is 19.5 Å².